The van der Waals surface area contributed by atoms with Crippen LogP contribution in [0.3, 0.4) is 0 Å². The van der Waals surface area contributed by atoms with Gasteiger partial charge in [-0.2, -0.15) is 0 Å². The van der Waals surface area contributed by atoms with Crippen LogP contribution in [-0.4, -0.2) is 25.1 Å². The zero-order chi connectivity index (χ0) is 14.3. The maximum atomic E-state index is 11.0. The van der Waals surface area contributed by atoms with Gasteiger partial charge in [-0.15, -0.1) is 0 Å². The van der Waals surface area contributed by atoms with Gasteiger partial charge in [0.05, 0.1) is 27.6 Å². The van der Waals surface area contributed by atoms with E-state index in [4.69, 9.17) is 0 Å². The van der Waals surface area contributed by atoms with Crippen molar-refractivity contribution in [2.24, 2.45) is 0 Å². The minimum atomic E-state index is -0.637. The standard InChI is InChI=1S/C13H9N3O4/c17-11-5-7(10(16(19)20)6-12(11)18)13-14-8-3-1-2-4-9(8)15-13/h1-6,17-18H,(H,14,15). The van der Waals surface area contributed by atoms with Gasteiger partial charge in [0.25, 0.3) is 5.69 Å². The molecule has 1 heterocycles. The average Bonchev–Trinajstić information content (AvgIpc) is 2.84. The topological polar surface area (TPSA) is 112 Å². The second kappa shape index (κ2) is 4.23. The van der Waals surface area contributed by atoms with Gasteiger partial charge in [-0.05, 0) is 12.1 Å². The number of nitrogens with one attached hydrogen (secondary N) is 1. The zero-order valence-electron chi connectivity index (χ0n) is 10.1. The van der Waals surface area contributed by atoms with Crippen molar-refractivity contribution < 1.29 is 15.1 Å². The summed E-state index contributed by atoms with van der Waals surface area (Å²) in [6.45, 7) is 0. The van der Waals surface area contributed by atoms with Crippen molar-refractivity contribution >= 4 is 16.7 Å². The monoisotopic (exact) mass is 271 g/mol. The van der Waals surface area contributed by atoms with E-state index in [0.717, 1.165) is 17.6 Å². The summed E-state index contributed by atoms with van der Waals surface area (Å²) in [5, 5.41) is 29.9. The van der Waals surface area contributed by atoms with E-state index < -0.39 is 16.4 Å². The average molecular weight is 271 g/mol. The smallest absolute Gasteiger partial charge is 0.284 e. The molecular weight excluding hydrogens is 262 g/mol. The highest BCUT2D eigenvalue weighted by Crippen LogP contribution is 2.38. The van der Waals surface area contributed by atoms with Gasteiger partial charge in [0, 0.05) is 6.07 Å². The summed E-state index contributed by atoms with van der Waals surface area (Å²) in [4.78, 5) is 17.6. The molecule has 0 radical (unpaired) electrons. The number of rotatable bonds is 2. The molecule has 3 aromatic rings. The predicted octanol–water partition coefficient (Wildman–Crippen LogP) is 2.55. The van der Waals surface area contributed by atoms with E-state index in [1.807, 2.05) is 6.07 Å². The first-order valence-corrected chi connectivity index (χ1v) is 5.72. The van der Waals surface area contributed by atoms with Crippen LogP contribution < -0.4 is 0 Å². The van der Waals surface area contributed by atoms with Crippen LogP contribution in [0.1, 0.15) is 0 Å². The van der Waals surface area contributed by atoms with Gasteiger partial charge in [0.1, 0.15) is 5.82 Å². The number of aromatic amines is 1. The first-order valence-electron chi connectivity index (χ1n) is 5.72. The van der Waals surface area contributed by atoms with Gasteiger partial charge in [-0.1, -0.05) is 12.1 Å². The van der Waals surface area contributed by atoms with Crippen molar-refractivity contribution in [2.45, 2.75) is 0 Å². The van der Waals surface area contributed by atoms with Gasteiger partial charge >= 0.3 is 0 Å². The molecule has 0 bridgehead atoms. The predicted molar refractivity (Wildman–Crippen MR) is 71.5 cm³/mol. The molecule has 100 valence electrons. The maximum absolute atomic E-state index is 11.0. The number of aromatic hydroxyl groups is 2. The highest BCUT2D eigenvalue weighted by Gasteiger charge is 2.21. The Balaban J connectivity index is 2.27. The summed E-state index contributed by atoms with van der Waals surface area (Å²) < 4.78 is 0. The fourth-order valence-corrected chi connectivity index (χ4v) is 1.99. The lowest BCUT2D eigenvalue weighted by atomic mass is 10.1. The van der Waals surface area contributed by atoms with Crippen molar-refractivity contribution in [3.8, 4) is 22.9 Å². The maximum Gasteiger partial charge on any atom is 0.284 e. The molecule has 0 amide bonds. The molecule has 3 rings (SSSR count). The molecule has 0 aliphatic rings. The normalized spacial score (nSPS) is 10.8. The molecular formula is C13H9N3O4. The Morgan fingerprint density at radius 1 is 1.15 bits per heavy atom. The molecule has 1 aromatic heterocycles. The zero-order valence-corrected chi connectivity index (χ0v) is 10.1. The third-order valence-electron chi connectivity index (χ3n) is 2.93. The molecule has 0 aliphatic carbocycles. The molecule has 0 unspecified atom stereocenters. The number of H-pyrrole nitrogens is 1. The first-order chi connectivity index (χ1) is 9.56. The minimum absolute atomic E-state index is 0.113. The number of aromatic nitrogens is 2. The van der Waals surface area contributed by atoms with Crippen molar-refractivity contribution in [1.82, 2.24) is 9.97 Å². The quantitative estimate of drug-likeness (QED) is 0.376. The Kier molecular flexibility index (Phi) is 2.53. The number of fused-ring (bicyclic) bond motifs is 1. The highest BCUT2D eigenvalue weighted by atomic mass is 16.6. The van der Waals surface area contributed by atoms with Crippen molar-refractivity contribution in [1.29, 1.82) is 0 Å². The lowest BCUT2D eigenvalue weighted by molar-refractivity contribution is -0.384. The molecule has 0 aliphatic heterocycles. The summed E-state index contributed by atoms with van der Waals surface area (Å²) in [6, 6.07) is 9.19. The lowest BCUT2D eigenvalue weighted by Gasteiger charge is -2.02. The molecule has 0 fully saturated rings. The van der Waals surface area contributed by atoms with Crippen LogP contribution in [0.4, 0.5) is 5.69 Å². The fourth-order valence-electron chi connectivity index (χ4n) is 1.99. The first kappa shape index (κ1) is 12.0. The van der Waals surface area contributed by atoms with E-state index in [1.54, 1.807) is 18.2 Å². The van der Waals surface area contributed by atoms with Crippen LogP contribution in [-0.2, 0) is 0 Å². The van der Waals surface area contributed by atoms with Crippen LogP contribution in [0, 0.1) is 10.1 Å². The molecule has 0 saturated carbocycles. The lowest BCUT2D eigenvalue weighted by Crippen LogP contribution is -1.93. The molecule has 2 aromatic carbocycles. The number of nitrogens with zero attached hydrogens (tertiary/aromatic N) is 2. The number of nitro groups is 1. The molecule has 3 N–H and O–H groups in total. The molecule has 0 saturated heterocycles. The molecule has 0 atom stereocenters. The van der Waals surface area contributed by atoms with Crippen molar-refractivity contribution in [2.75, 3.05) is 0 Å². The second-order valence-electron chi connectivity index (χ2n) is 4.22. The van der Waals surface area contributed by atoms with E-state index >= 15 is 0 Å². The van der Waals surface area contributed by atoms with Gasteiger partial charge < -0.3 is 15.2 Å². The Labute approximate surface area is 112 Å². The Hall–Kier alpha value is -3.09. The van der Waals surface area contributed by atoms with Gasteiger partial charge in [-0.25, -0.2) is 4.98 Å². The Morgan fingerprint density at radius 2 is 1.85 bits per heavy atom. The number of imidazole rings is 1. The molecule has 20 heavy (non-hydrogen) atoms. The van der Waals surface area contributed by atoms with E-state index in [2.05, 4.69) is 9.97 Å². The summed E-state index contributed by atoms with van der Waals surface area (Å²) in [6.07, 6.45) is 0. The number of phenolic OH excluding ortho intramolecular Hbond substituents is 2. The fraction of sp³-hybridized carbons (Fsp3) is 0. The van der Waals surface area contributed by atoms with E-state index in [1.165, 1.54) is 0 Å². The summed E-state index contributed by atoms with van der Waals surface area (Å²) in [7, 11) is 0. The van der Waals surface area contributed by atoms with Crippen molar-refractivity contribution in [3.63, 3.8) is 0 Å². The van der Waals surface area contributed by atoms with E-state index in [0.29, 0.717) is 5.52 Å². The largest absolute Gasteiger partial charge is 0.504 e. The van der Waals surface area contributed by atoms with Crippen LogP contribution in [0.5, 0.6) is 11.5 Å². The SMILES string of the molecule is O=[N+]([O-])c1cc(O)c(O)cc1-c1nc2ccccc2[nH]1. The summed E-state index contributed by atoms with van der Waals surface area (Å²) in [5.74, 6) is -0.726. The Morgan fingerprint density at radius 3 is 2.55 bits per heavy atom. The van der Waals surface area contributed by atoms with Crippen molar-refractivity contribution in [3.05, 3.63) is 46.5 Å². The van der Waals surface area contributed by atoms with Crippen LogP contribution >= 0.6 is 0 Å². The van der Waals surface area contributed by atoms with Crippen LogP contribution in [0.15, 0.2) is 36.4 Å². The number of hydrogen-bond acceptors (Lipinski definition) is 5. The molecule has 7 heteroatoms. The van der Waals surface area contributed by atoms with Gasteiger partial charge in [-0.3, -0.25) is 10.1 Å². The number of nitro benzene ring substituents is 1. The third kappa shape index (κ3) is 1.81. The summed E-state index contributed by atoms with van der Waals surface area (Å²) in [5.41, 5.74) is 1.16. The van der Waals surface area contributed by atoms with Crippen LogP contribution in [0.25, 0.3) is 22.4 Å². The number of para-hydroxylation sites is 2. The van der Waals surface area contributed by atoms with E-state index in [-0.39, 0.29) is 17.1 Å². The highest BCUT2D eigenvalue weighted by molar-refractivity contribution is 5.82. The van der Waals surface area contributed by atoms with E-state index in [9.17, 15) is 20.3 Å². The minimum Gasteiger partial charge on any atom is -0.504 e. The summed E-state index contributed by atoms with van der Waals surface area (Å²) >= 11 is 0. The number of hydrogen-bond donors (Lipinski definition) is 3. The number of phenols is 2. The molecule has 0 spiro atoms. The van der Waals surface area contributed by atoms with Gasteiger partial charge in [0.2, 0.25) is 0 Å². The number of benzene rings is 2. The Bertz CT molecular complexity index is 793. The molecule has 7 nitrogen and oxygen atoms in total. The van der Waals surface area contributed by atoms with Gasteiger partial charge in [0.15, 0.2) is 11.5 Å². The second-order valence-corrected chi connectivity index (χ2v) is 4.22. The third-order valence-corrected chi connectivity index (χ3v) is 2.93. The van der Waals surface area contributed by atoms with Crippen LogP contribution in [0.2, 0.25) is 0 Å².